The Morgan fingerprint density at radius 2 is 1.84 bits per heavy atom. The molecule has 1 fully saturated rings. The fourth-order valence-corrected chi connectivity index (χ4v) is 4.71. The molecular weight excluding hydrogens is 572 g/mol. The minimum atomic E-state index is -1.03. The lowest BCUT2D eigenvalue weighted by atomic mass is 10.1. The average Bonchev–Trinajstić information content (AvgIpc) is 2.90. The van der Waals surface area contributed by atoms with E-state index in [4.69, 9.17) is 21.7 Å². The van der Waals surface area contributed by atoms with Crippen molar-refractivity contribution in [2.24, 2.45) is 0 Å². The summed E-state index contributed by atoms with van der Waals surface area (Å²) in [6.07, 6.45) is 2.31. The number of rotatable bonds is 8. The molecule has 8 nitrogen and oxygen atoms in total. The number of methoxy groups -OCH3 is 1. The minimum absolute atomic E-state index is 0.0101. The highest BCUT2D eigenvalue weighted by Crippen LogP contribution is 2.38. The third-order valence-corrected chi connectivity index (χ3v) is 6.70. The number of aromatic carboxylic acids is 1. The van der Waals surface area contributed by atoms with Gasteiger partial charge < -0.3 is 14.6 Å². The van der Waals surface area contributed by atoms with Crippen molar-refractivity contribution in [3.63, 3.8) is 0 Å². The summed E-state index contributed by atoms with van der Waals surface area (Å²) in [4.78, 5) is 38.6. The molecule has 2 amide bonds. The van der Waals surface area contributed by atoms with Gasteiger partial charge in [0.15, 0.2) is 16.6 Å². The Labute approximate surface area is 233 Å². The summed E-state index contributed by atoms with van der Waals surface area (Å²) in [5, 5.41) is 11.8. The lowest BCUT2D eigenvalue weighted by Crippen LogP contribution is -2.54. The van der Waals surface area contributed by atoms with E-state index >= 15 is 0 Å². The molecule has 3 aromatic rings. The van der Waals surface area contributed by atoms with Gasteiger partial charge in [-0.25, -0.2) is 4.79 Å². The van der Waals surface area contributed by atoms with E-state index in [-0.39, 0.29) is 22.9 Å². The quantitative estimate of drug-likeness (QED) is 0.211. The van der Waals surface area contributed by atoms with Gasteiger partial charge in [0.25, 0.3) is 11.8 Å². The third kappa shape index (κ3) is 5.76. The molecule has 10 heteroatoms. The van der Waals surface area contributed by atoms with Crippen LogP contribution in [0.25, 0.3) is 6.08 Å². The van der Waals surface area contributed by atoms with Gasteiger partial charge in [0, 0.05) is 0 Å². The van der Waals surface area contributed by atoms with E-state index in [9.17, 15) is 19.5 Å². The van der Waals surface area contributed by atoms with Crippen LogP contribution in [0.4, 0.5) is 5.69 Å². The van der Waals surface area contributed by atoms with Crippen molar-refractivity contribution in [2.75, 3.05) is 12.0 Å². The molecule has 2 N–H and O–H groups in total. The van der Waals surface area contributed by atoms with Crippen LogP contribution in [-0.2, 0) is 22.6 Å². The second-order valence-electron chi connectivity index (χ2n) is 8.31. The van der Waals surface area contributed by atoms with E-state index in [0.717, 1.165) is 12.0 Å². The average molecular weight is 595 g/mol. The predicted octanol–water partition coefficient (Wildman–Crippen LogP) is 5.13. The number of carboxylic acids is 1. The zero-order chi connectivity index (χ0) is 27.4. The molecule has 0 bridgehead atoms. The smallest absolute Gasteiger partial charge is 0.335 e. The maximum Gasteiger partial charge on any atom is 0.335 e. The van der Waals surface area contributed by atoms with Gasteiger partial charge in [-0.15, -0.1) is 0 Å². The van der Waals surface area contributed by atoms with E-state index in [1.165, 1.54) is 30.2 Å². The molecule has 0 unspecified atom stereocenters. The van der Waals surface area contributed by atoms with Gasteiger partial charge >= 0.3 is 5.97 Å². The molecular formula is C28H23BrN2O6S. The molecule has 0 saturated carbocycles. The van der Waals surface area contributed by atoms with Crippen LogP contribution in [-0.4, -0.2) is 35.1 Å². The maximum atomic E-state index is 13.3. The summed E-state index contributed by atoms with van der Waals surface area (Å²) in [7, 11) is 1.47. The Morgan fingerprint density at radius 3 is 2.50 bits per heavy atom. The number of anilines is 1. The summed E-state index contributed by atoms with van der Waals surface area (Å²) in [6, 6.07) is 17.1. The Kier molecular flexibility index (Phi) is 8.23. The number of hydrogen-bond donors (Lipinski definition) is 2. The third-order valence-electron chi connectivity index (χ3n) is 5.82. The largest absolute Gasteiger partial charge is 0.493 e. The number of hydrogen-bond acceptors (Lipinski definition) is 6. The minimum Gasteiger partial charge on any atom is -0.493 e. The topological polar surface area (TPSA) is 105 Å². The first-order valence-corrected chi connectivity index (χ1v) is 12.7. The number of carbonyl (C=O) groups excluding carboxylic acids is 2. The van der Waals surface area contributed by atoms with Gasteiger partial charge in [-0.1, -0.05) is 31.2 Å². The van der Waals surface area contributed by atoms with Crippen LogP contribution in [0, 0.1) is 0 Å². The number of nitrogens with zero attached hydrogens (tertiary/aromatic N) is 1. The molecule has 0 radical (unpaired) electrons. The van der Waals surface area contributed by atoms with Gasteiger partial charge in [0.05, 0.1) is 22.8 Å². The van der Waals surface area contributed by atoms with Crippen LogP contribution in [0.15, 0.2) is 70.7 Å². The Bertz CT molecular complexity index is 1470. The summed E-state index contributed by atoms with van der Waals surface area (Å²) in [5.74, 6) is -1.44. The molecule has 0 aliphatic carbocycles. The zero-order valence-corrected chi connectivity index (χ0v) is 22.9. The van der Waals surface area contributed by atoms with Gasteiger partial charge in [0.1, 0.15) is 12.2 Å². The van der Waals surface area contributed by atoms with Gasteiger partial charge in [-0.2, -0.15) is 0 Å². The Hall–Kier alpha value is -4.02. The van der Waals surface area contributed by atoms with Crippen LogP contribution in [0.1, 0.15) is 34.0 Å². The van der Waals surface area contributed by atoms with E-state index in [1.54, 1.807) is 36.4 Å². The number of halogens is 1. The summed E-state index contributed by atoms with van der Waals surface area (Å²) in [6.45, 7) is 2.13. The highest BCUT2D eigenvalue weighted by atomic mass is 79.9. The van der Waals surface area contributed by atoms with Crippen LogP contribution < -0.4 is 19.7 Å². The molecule has 0 spiro atoms. The first-order valence-electron chi connectivity index (χ1n) is 11.5. The Morgan fingerprint density at radius 1 is 1.11 bits per heavy atom. The van der Waals surface area contributed by atoms with Crippen molar-refractivity contribution in [3.8, 4) is 11.5 Å². The van der Waals surface area contributed by atoms with Crippen molar-refractivity contribution >= 4 is 62.8 Å². The number of thiocarbonyl (C=S) groups is 1. The highest BCUT2D eigenvalue weighted by Gasteiger charge is 2.34. The fraction of sp³-hybridized carbons (Fsp3) is 0.143. The number of aryl methyl sites for hydroxylation is 1. The molecule has 1 aliphatic heterocycles. The van der Waals surface area contributed by atoms with E-state index in [1.807, 2.05) is 19.1 Å². The molecule has 3 aromatic carbocycles. The van der Waals surface area contributed by atoms with Crippen molar-refractivity contribution in [1.29, 1.82) is 0 Å². The van der Waals surface area contributed by atoms with E-state index in [2.05, 4.69) is 21.2 Å². The lowest BCUT2D eigenvalue weighted by Gasteiger charge is -2.29. The second-order valence-corrected chi connectivity index (χ2v) is 9.55. The lowest BCUT2D eigenvalue weighted by molar-refractivity contribution is -0.122. The standard InChI is InChI=1S/C28H23BrN2O6S/c1-3-16-7-9-20(10-8-16)31-26(33)21(25(32)30-28(31)38)12-18-13-22(29)24(23(14-18)36-2)37-15-17-5-4-6-19(11-17)27(34)35/h4-14H,3,15H2,1-2H3,(H,34,35)(H,30,32,38)/b21-12+. The summed E-state index contributed by atoms with van der Waals surface area (Å²) >= 11 is 8.75. The predicted molar refractivity (Wildman–Crippen MR) is 150 cm³/mol. The summed E-state index contributed by atoms with van der Waals surface area (Å²) < 4.78 is 11.9. The van der Waals surface area contributed by atoms with Crippen molar-refractivity contribution < 1.29 is 29.0 Å². The second kappa shape index (κ2) is 11.6. The SMILES string of the molecule is CCc1ccc(N2C(=O)/C(=C/c3cc(Br)c(OCc4cccc(C(=O)O)c4)c(OC)c3)C(=O)NC2=S)cc1. The molecule has 38 heavy (non-hydrogen) atoms. The molecule has 0 atom stereocenters. The van der Waals surface area contributed by atoms with Crippen molar-refractivity contribution in [3.05, 3.63) is 93.0 Å². The van der Waals surface area contributed by atoms with E-state index < -0.39 is 17.8 Å². The van der Waals surface area contributed by atoms with Crippen LogP contribution in [0.5, 0.6) is 11.5 Å². The number of nitrogens with one attached hydrogen (secondary N) is 1. The molecule has 1 heterocycles. The van der Waals surface area contributed by atoms with Gasteiger partial charge in [-0.05, 0) is 93.7 Å². The van der Waals surface area contributed by atoms with Crippen LogP contribution >= 0.6 is 28.1 Å². The number of ether oxygens (including phenoxy) is 2. The number of carboxylic acid groups (broad SMARTS) is 1. The molecule has 194 valence electrons. The van der Waals surface area contributed by atoms with E-state index in [0.29, 0.717) is 32.8 Å². The molecule has 4 rings (SSSR count). The molecule has 1 aliphatic rings. The molecule has 1 saturated heterocycles. The van der Waals surface area contributed by atoms with Gasteiger partial charge in [-0.3, -0.25) is 19.8 Å². The van der Waals surface area contributed by atoms with Crippen molar-refractivity contribution in [1.82, 2.24) is 5.32 Å². The fourth-order valence-electron chi connectivity index (χ4n) is 3.85. The van der Waals surface area contributed by atoms with Crippen LogP contribution in [0.2, 0.25) is 0 Å². The number of carbonyl (C=O) groups is 3. The Balaban J connectivity index is 1.61. The molecule has 0 aromatic heterocycles. The van der Waals surface area contributed by atoms with Crippen LogP contribution in [0.3, 0.4) is 0 Å². The number of amides is 2. The summed E-state index contributed by atoms with van der Waals surface area (Å²) in [5.41, 5.74) is 2.91. The normalized spacial score (nSPS) is 14.4. The zero-order valence-electron chi connectivity index (χ0n) is 20.5. The maximum absolute atomic E-state index is 13.3. The first-order chi connectivity index (χ1) is 18.2. The monoisotopic (exact) mass is 594 g/mol. The first kappa shape index (κ1) is 27.0. The highest BCUT2D eigenvalue weighted by molar-refractivity contribution is 9.10. The van der Waals surface area contributed by atoms with Crippen molar-refractivity contribution in [2.45, 2.75) is 20.0 Å². The van der Waals surface area contributed by atoms with Gasteiger partial charge in [0.2, 0.25) is 0 Å². The number of benzene rings is 3.